The highest BCUT2D eigenvalue weighted by Crippen LogP contribution is 2.34. The van der Waals surface area contributed by atoms with Crippen LogP contribution in [0.5, 0.6) is 0 Å². The van der Waals surface area contributed by atoms with Crippen molar-refractivity contribution in [2.24, 2.45) is 5.41 Å². The van der Waals surface area contributed by atoms with Crippen molar-refractivity contribution in [2.45, 2.75) is 47.5 Å². The van der Waals surface area contributed by atoms with Gasteiger partial charge in [0.2, 0.25) is 0 Å². The molecular weight excluding hydrogens is 456 g/mol. The van der Waals surface area contributed by atoms with Crippen LogP contribution in [0, 0.1) is 26.2 Å². The Labute approximate surface area is 222 Å². The largest absolute Gasteiger partial charge is 0.369 e. The average Bonchev–Trinajstić information content (AvgIpc) is 2.93. The number of hydrogen-bond acceptors (Lipinski definition) is 4. The van der Waals surface area contributed by atoms with Crippen LogP contribution in [0.2, 0.25) is 0 Å². The standard InChI is InChI=1S/C33H40N2O2/c1-6-33(5,31(36)29-22-24(2)12-13-25(29)3)32(37)30-23-28(15-14-26(30)4)35-20-18-34(19-21-35)17-16-27-10-8-7-9-11-27/h7-15,22-23H,6,16-21H2,1-5H3. The van der Waals surface area contributed by atoms with E-state index in [4.69, 9.17) is 0 Å². The average molecular weight is 497 g/mol. The topological polar surface area (TPSA) is 40.6 Å². The Balaban J connectivity index is 1.49. The van der Waals surface area contributed by atoms with Crippen LogP contribution in [0.4, 0.5) is 5.69 Å². The molecule has 1 atom stereocenters. The first kappa shape index (κ1) is 26.8. The van der Waals surface area contributed by atoms with Gasteiger partial charge in [-0.2, -0.15) is 0 Å². The summed E-state index contributed by atoms with van der Waals surface area (Å²) in [5.74, 6) is -0.167. The molecule has 4 nitrogen and oxygen atoms in total. The molecule has 4 heteroatoms. The van der Waals surface area contributed by atoms with Gasteiger partial charge in [0.15, 0.2) is 11.6 Å². The van der Waals surface area contributed by atoms with Crippen molar-refractivity contribution in [3.05, 3.63) is 100 Å². The lowest BCUT2D eigenvalue weighted by Crippen LogP contribution is -2.47. The molecular formula is C33H40N2O2. The van der Waals surface area contributed by atoms with Gasteiger partial charge in [-0.15, -0.1) is 0 Å². The van der Waals surface area contributed by atoms with Crippen LogP contribution in [0.3, 0.4) is 0 Å². The van der Waals surface area contributed by atoms with Gasteiger partial charge >= 0.3 is 0 Å². The molecule has 1 unspecified atom stereocenters. The summed E-state index contributed by atoms with van der Waals surface area (Å²) in [5.41, 5.74) is 5.52. The van der Waals surface area contributed by atoms with Gasteiger partial charge in [0.25, 0.3) is 0 Å². The zero-order valence-corrected chi connectivity index (χ0v) is 23.0. The molecule has 0 radical (unpaired) electrons. The molecule has 1 saturated heterocycles. The number of benzene rings is 3. The maximum atomic E-state index is 14.0. The van der Waals surface area contributed by atoms with Gasteiger partial charge in [-0.3, -0.25) is 14.5 Å². The minimum absolute atomic E-state index is 0.0817. The van der Waals surface area contributed by atoms with Gasteiger partial charge in [-0.1, -0.05) is 61.0 Å². The second-order valence-electron chi connectivity index (χ2n) is 10.7. The lowest BCUT2D eigenvalue weighted by atomic mass is 9.72. The Bertz CT molecular complexity index is 1260. The van der Waals surface area contributed by atoms with E-state index in [2.05, 4.69) is 46.2 Å². The van der Waals surface area contributed by atoms with Crippen LogP contribution in [0.25, 0.3) is 0 Å². The zero-order valence-electron chi connectivity index (χ0n) is 23.0. The van der Waals surface area contributed by atoms with Crippen LogP contribution in [0.1, 0.15) is 63.2 Å². The van der Waals surface area contributed by atoms with Crippen molar-refractivity contribution < 1.29 is 9.59 Å². The van der Waals surface area contributed by atoms with Crippen molar-refractivity contribution >= 4 is 17.3 Å². The number of Topliss-reactive ketones (excluding diaryl/α,β-unsaturated/α-hetero) is 2. The maximum Gasteiger partial charge on any atom is 0.176 e. The van der Waals surface area contributed by atoms with E-state index in [-0.39, 0.29) is 11.6 Å². The van der Waals surface area contributed by atoms with E-state index in [1.807, 2.05) is 65.0 Å². The van der Waals surface area contributed by atoms with Crippen LogP contribution in [0.15, 0.2) is 66.7 Å². The Morgan fingerprint density at radius 3 is 2.00 bits per heavy atom. The molecule has 1 fully saturated rings. The smallest absolute Gasteiger partial charge is 0.176 e. The molecule has 3 aromatic rings. The second kappa shape index (κ2) is 11.4. The molecule has 0 N–H and O–H groups in total. The summed E-state index contributed by atoms with van der Waals surface area (Å²) in [6, 6.07) is 22.7. The van der Waals surface area contributed by atoms with Crippen LogP contribution in [-0.2, 0) is 6.42 Å². The quantitative estimate of drug-likeness (QED) is 0.252. The number of anilines is 1. The number of piperazine rings is 1. The van der Waals surface area contributed by atoms with Crippen molar-refractivity contribution in [1.29, 1.82) is 0 Å². The summed E-state index contributed by atoms with van der Waals surface area (Å²) in [4.78, 5) is 32.6. The third-order valence-corrected chi connectivity index (χ3v) is 8.11. The van der Waals surface area contributed by atoms with Gasteiger partial charge in [0.05, 0.1) is 5.41 Å². The molecule has 0 aliphatic carbocycles. The van der Waals surface area contributed by atoms with Crippen molar-refractivity contribution in [3.8, 4) is 0 Å². The first-order chi connectivity index (χ1) is 17.7. The molecule has 1 aliphatic rings. The molecule has 1 heterocycles. The highest BCUT2D eigenvalue weighted by Gasteiger charge is 2.41. The fourth-order valence-corrected chi connectivity index (χ4v) is 5.21. The summed E-state index contributed by atoms with van der Waals surface area (Å²) >= 11 is 0. The van der Waals surface area contributed by atoms with Crippen LogP contribution >= 0.6 is 0 Å². The number of nitrogens with zero attached hydrogens (tertiary/aromatic N) is 2. The molecule has 194 valence electrons. The van der Waals surface area contributed by atoms with Gasteiger partial charge in [0, 0.05) is 49.5 Å². The minimum Gasteiger partial charge on any atom is -0.369 e. The van der Waals surface area contributed by atoms with E-state index in [1.165, 1.54) is 5.56 Å². The number of rotatable bonds is 9. The van der Waals surface area contributed by atoms with E-state index in [0.29, 0.717) is 17.5 Å². The first-order valence-corrected chi connectivity index (χ1v) is 13.5. The van der Waals surface area contributed by atoms with E-state index in [0.717, 1.165) is 61.5 Å². The summed E-state index contributed by atoms with van der Waals surface area (Å²) in [5, 5.41) is 0. The highest BCUT2D eigenvalue weighted by molar-refractivity contribution is 6.20. The van der Waals surface area contributed by atoms with E-state index in [1.54, 1.807) is 0 Å². The Morgan fingerprint density at radius 1 is 0.784 bits per heavy atom. The Morgan fingerprint density at radius 2 is 1.38 bits per heavy atom. The molecule has 37 heavy (non-hydrogen) atoms. The summed E-state index contributed by atoms with van der Waals surface area (Å²) in [7, 11) is 0. The van der Waals surface area contributed by atoms with Crippen molar-refractivity contribution in [1.82, 2.24) is 4.90 Å². The van der Waals surface area contributed by atoms with Gasteiger partial charge in [-0.25, -0.2) is 0 Å². The summed E-state index contributed by atoms with van der Waals surface area (Å²) in [6.45, 7) is 14.6. The molecule has 0 amide bonds. The lowest BCUT2D eigenvalue weighted by Gasteiger charge is -2.36. The zero-order chi connectivity index (χ0) is 26.6. The molecule has 0 bridgehead atoms. The maximum absolute atomic E-state index is 14.0. The number of carbonyl (C=O) groups is 2. The van der Waals surface area contributed by atoms with E-state index in [9.17, 15) is 9.59 Å². The van der Waals surface area contributed by atoms with Crippen molar-refractivity contribution in [2.75, 3.05) is 37.6 Å². The number of hydrogen-bond donors (Lipinski definition) is 0. The normalized spacial score (nSPS) is 15.9. The molecule has 4 rings (SSSR count). The number of carbonyl (C=O) groups excluding carboxylic acids is 2. The predicted molar refractivity (Wildman–Crippen MR) is 153 cm³/mol. The van der Waals surface area contributed by atoms with Crippen molar-refractivity contribution in [3.63, 3.8) is 0 Å². The van der Waals surface area contributed by atoms with Gasteiger partial charge in [0.1, 0.15) is 0 Å². The third-order valence-electron chi connectivity index (χ3n) is 8.11. The monoisotopic (exact) mass is 496 g/mol. The highest BCUT2D eigenvalue weighted by atomic mass is 16.2. The fraction of sp³-hybridized carbons (Fsp3) is 0.394. The lowest BCUT2D eigenvalue weighted by molar-refractivity contribution is 0.0680. The van der Waals surface area contributed by atoms with Crippen LogP contribution in [-0.4, -0.2) is 49.2 Å². The molecule has 0 spiro atoms. The second-order valence-corrected chi connectivity index (χ2v) is 10.7. The fourth-order valence-electron chi connectivity index (χ4n) is 5.21. The summed E-state index contributed by atoms with van der Waals surface area (Å²) < 4.78 is 0. The molecule has 1 aliphatic heterocycles. The minimum atomic E-state index is -1.10. The first-order valence-electron chi connectivity index (χ1n) is 13.5. The molecule has 3 aromatic carbocycles. The van der Waals surface area contributed by atoms with Gasteiger partial charge < -0.3 is 4.90 Å². The van der Waals surface area contributed by atoms with E-state index >= 15 is 0 Å². The van der Waals surface area contributed by atoms with Crippen LogP contribution < -0.4 is 4.90 Å². The molecule has 0 saturated carbocycles. The van der Waals surface area contributed by atoms with E-state index < -0.39 is 5.41 Å². The third kappa shape index (κ3) is 5.86. The predicted octanol–water partition coefficient (Wildman–Crippen LogP) is 6.46. The van der Waals surface area contributed by atoms with Gasteiger partial charge in [-0.05, 0) is 75.4 Å². The molecule has 0 aromatic heterocycles. The Kier molecular flexibility index (Phi) is 8.29. The SMILES string of the molecule is CCC(C)(C(=O)c1cc(C)ccc1C)C(=O)c1cc(N2CCN(CCc3ccccc3)CC2)ccc1C. The summed E-state index contributed by atoms with van der Waals surface area (Å²) in [6.07, 6.45) is 1.52. The number of ketones is 2. The Hall–Kier alpha value is -3.24. The number of aryl methyl sites for hydroxylation is 3.